The molecule has 3 heterocycles. The minimum Gasteiger partial charge on any atom is -0.444 e. The van der Waals surface area contributed by atoms with Crippen molar-refractivity contribution in [2.24, 2.45) is 7.05 Å². The van der Waals surface area contributed by atoms with Gasteiger partial charge in [0.2, 0.25) is 5.91 Å². The van der Waals surface area contributed by atoms with Gasteiger partial charge in [-0.05, 0) is 63.9 Å². The molecule has 2 atom stereocenters. The molecule has 3 aromatic rings. The SMILES string of the molecule is CC(=O)Nc1cc([C@@H](C)Nc2ncnc3c2cc(C2CCN(C(=O)OC(C)(C)C)C2)c(=O)n3C)cc(C(F)(F)F)c1. The number of carbonyl (C=O) groups excluding carboxylic acids is 2. The molecule has 2 N–H and O–H groups in total. The Morgan fingerprint density at radius 2 is 1.83 bits per heavy atom. The minimum absolute atomic E-state index is 0.0176. The van der Waals surface area contributed by atoms with Crippen LogP contribution in [0.4, 0.5) is 29.5 Å². The fourth-order valence-electron chi connectivity index (χ4n) is 4.84. The standard InChI is InChI=1S/C28H33F3N6O4/c1-15(18-9-19(28(29,30)31)11-20(10-18)35-16(2)38)34-23-22-12-21(25(39)36(6)24(22)33-14-32-23)17-7-8-37(13-17)26(40)41-27(3,4)5/h9-12,14-15,17H,7-8,13H2,1-6H3,(H,35,38)(H,32,33,34)/t15-,17?/m1/s1. The summed E-state index contributed by atoms with van der Waals surface area (Å²) in [5.41, 5.74) is -0.708. The number of anilines is 2. The molecule has 1 aliphatic rings. The summed E-state index contributed by atoms with van der Waals surface area (Å²) in [6.07, 6.45) is -3.24. The molecule has 0 radical (unpaired) electrons. The van der Waals surface area contributed by atoms with Crippen LogP contribution in [0.2, 0.25) is 0 Å². The van der Waals surface area contributed by atoms with Crippen molar-refractivity contribution >= 4 is 34.5 Å². The summed E-state index contributed by atoms with van der Waals surface area (Å²) in [6.45, 7) is 8.97. The Labute approximate surface area is 234 Å². The van der Waals surface area contributed by atoms with Crippen LogP contribution in [0.3, 0.4) is 0 Å². The number of nitrogens with zero attached hydrogens (tertiary/aromatic N) is 4. The maximum Gasteiger partial charge on any atom is 0.416 e. The highest BCUT2D eigenvalue weighted by Crippen LogP contribution is 2.35. The van der Waals surface area contributed by atoms with Gasteiger partial charge < -0.3 is 20.3 Å². The number of amides is 2. The number of aromatic nitrogens is 3. The first-order chi connectivity index (χ1) is 19.0. The van der Waals surface area contributed by atoms with Gasteiger partial charge in [-0.1, -0.05) is 0 Å². The molecular formula is C28H33F3N6O4. The second-order valence-electron chi connectivity index (χ2n) is 11.2. The third kappa shape index (κ3) is 6.77. The van der Waals surface area contributed by atoms with Gasteiger partial charge in [0.25, 0.3) is 5.56 Å². The van der Waals surface area contributed by atoms with Crippen LogP contribution in [0, 0.1) is 0 Å². The molecule has 1 aromatic carbocycles. The molecular weight excluding hydrogens is 541 g/mol. The number of aryl methyl sites for hydroxylation is 1. The average molecular weight is 575 g/mol. The predicted octanol–water partition coefficient (Wildman–Crippen LogP) is 5.20. The lowest BCUT2D eigenvalue weighted by Gasteiger charge is -2.24. The summed E-state index contributed by atoms with van der Waals surface area (Å²) in [4.78, 5) is 47.6. The van der Waals surface area contributed by atoms with Crippen LogP contribution in [0.15, 0.2) is 35.4 Å². The first-order valence-electron chi connectivity index (χ1n) is 13.1. The second kappa shape index (κ2) is 11.0. The van der Waals surface area contributed by atoms with Crippen molar-refractivity contribution in [3.8, 4) is 0 Å². The maximum atomic E-state index is 13.6. The molecule has 13 heteroatoms. The lowest BCUT2D eigenvalue weighted by molar-refractivity contribution is -0.137. The highest BCUT2D eigenvalue weighted by Gasteiger charge is 2.33. The number of alkyl halides is 3. The fourth-order valence-corrected chi connectivity index (χ4v) is 4.84. The van der Waals surface area contributed by atoms with Gasteiger partial charge >= 0.3 is 12.3 Å². The van der Waals surface area contributed by atoms with E-state index in [-0.39, 0.29) is 22.7 Å². The van der Waals surface area contributed by atoms with E-state index in [0.717, 1.165) is 12.1 Å². The molecule has 220 valence electrons. The smallest absolute Gasteiger partial charge is 0.416 e. The molecule has 0 aliphatic carbocycles. The van der Waals surface area contributed by atoms with Gasteiger partial charge in [-0.3, -0.25) is 14.2 Å². The number of hydrogen-bond donors (Lipinski definition) is 2. The van der Waals surface area contributed by atoms with Crippen molar-refractivity contribution < 1.29 is 27.5 Å². The van der Waals surface area contributed by atoms with E-state index < -0.39 is 35.4 Å². The van der Waals surface area contributed by atoms with Gasteiger partial charge in [-0.25, -0.2) is 14.8 Å². The number of pyridine rings is 1. The number of benzene rings is 1. The molecule has 1 saturated heterocycles. The largest absolute Gasteiger partial charge is 0.444 e. The van der Waals surface area contributed by atoms with Gasteiger partial charge in [0, 0.05) is 44.2 Å². The normalized spacial score (nSPS) is 16.5. The first-order valence-corrected chi connectivity index (χ1v) is 13.1. The number of nitrogens with one attached hydrogen (secondary N) is 2. The van der Waals surface area contributed by atoms with Crippen molar-refractivity contribution in [2.75, 3.05) is 23.7 Å². The van der Waals surface area contributed by atoms with Crippen molar-refractivity contribution in [1.29, 1.82) is 0 Å². The van der Waals surface area contributed by atoms with Gasteiger partial charge in [-0.15, -0.1) is 0 Å². The molecule has 1 unspecified atom stereocenters. The van der Waals surface area contributed by atoms with E-state index in [4.69, 9.17) is 4.74 Å². The van der Waals surface area contributed by atoms with E-state index in [9.17, 15) is 27.6 Å². The lowest BCUT2D eigenvalue weighted by Crippen LogP contribution is -2.35. The zero-order chi connectivity index (χ0) is 30.3. The van der Waals surface area contributed by atoms with Crippen molar-refractivity contribution in [1.82, 2.24) is 19.4 Å². The topological polar surface area (TPSA) is 118 Å². The van der Waals surface area contributed by atoms with Gasteiger partial charge in [0.1, 0.15) is 23.4 Å². The summed E-state index contributed by atoms with van der Waals surface area (Å²) >= 11 is 0. The highest BCUT2D eigenvalue weighted by atomic mass is 19.4. The van der Waals surface area contributed by atoms with Crippen molar-refractivity contribution in [2.45, 2.75) is 64.8 Å². The molecule has 2 aromatic heterocycles. The number of likely N-dealkylation sites (tertiary alicyclic amines) is 1. The predicted molar refractivity (Wildman–Crippen MR) is 148 cm³/mol. The average Bonchev–Trinajstić information content (AvgIpc) is 3.35. The number of rotatable bonds is 5. The van der Waals surface area contributed by atoms with E-state index >= 15 is 0 Å². The molecule has 1 fully saturated rings. The third-order valence-electron chi connectivity index (χ3n) is 6.77. The maximum absolute atomic E-state index is 13.6. The molecule has 1 aliphatic heterocycles. The molecule has 10 nitrogen and oxygen atoms in total. The zero-order valence-electron chi connectivity index (χ0n) is 23.7. The van der Waals surface area contributed by atoms with Gasteiger partial charge in [-0.2, -0.15) is 13.2 Å². The summed E-state index contributed by atoms with van der Waals surface area (Å²) in [6, 6.07) is 4.37. The van der Waals surface area contributed by atoms with Gasteiger partial charge in [0.15, 0.2) is 0 Å². The number of carbonyl (C=O) groups is 2. The van der Waals surface area contributed by atoms with E-state index in [1.807, 2.05) is 0 Å². The molecule has 41 heavy (non-hydrogen) atoms. The fraction of sp³-hybridized carbons (Fsp3) is 0.464. The highest BCUT2D eigenvalue weighted by molar-refractivity contribution is 5.89. The Morgan fingerprint density at radius 1 is 1.12 bits per heavy atom. The van der Waals surface area contributed by atoms with Crippen molar-refractivity contribution in [3.63, 3.8) is 0 Å². The van der Waals surface area contributed by atoms with Crippen LogP contribution >= 0.6 is 0 Å². The Balaban J connectivity index is 1.68. The quantitative estimate of drug-likeness (QED) is 0.430. The lowest BCUT2D eigenvalue weighted by atomic mass is 9.98. The van der Waals surface area contributed by atoms with Crippen LogP contribution in [0.5, 0.6) is 0 Å². The van der Waals surface area contributed by atoms with E-state index in [2.05, 4.69) is 20.6 Å². The Hall–Kier alpha value is -4.16. The van der Waals surface area contributed by atoms with Crippen LogP contribution < -0.4 is 16.2 Å². The second-order valence-corrected chi connectivity index (χ2v) is 11.2. The van der Waals surface area contributed by atoms with Gasteiger partial charge in [0.05, 0.1) is 17.0 Å². The summed E-state index contributed by atoms with van der Waals surface area (Å²) < 4.78 is 47.7. The number of ether oxygens (including phenoxy) is 1. The van der Waals surface area contributed by atoms with Crippen LogP contribution in [0.1, 0.15) is 69.7 Å². The number of hydrogen-bond acceptors (Lipinski definition) is 7. The molecule has 2 amide bonds. The number of fused-ring (bicyclic) bond motifs is 1. The Morgan fingerprint density at radius 3 is 2.46 bits per heavy atom. The van der Waals surface area contributed by atoms with Crippen LogP contribution in [-0.4, -0.2) is 50.1 Å². The van der Waals surface area contributed by atoms with Crippen LogP contribution in [-0.2, 0) is 22.8 Å². The zero-order valence-corrected chi connectivity index (χ0v) is 23.7. The summed E-state index contributed by atoms with van der Waals surface area (Å²) in [5.74, 6) is -0.428. The summed E-state index contributed by atoms with van der Waals surface area (Å²) in [5, 5.41) is 6.06. The Kier molecular flexibility index (Phi) is 8.01. The monoisotopic (exact) mass is 574 g/mol. The van der Waals surface area contributed by atoms with Crippen LogP contribution in [0.25, 0.3) is 11.0 Å². The molecule has 0 bridgehead atoms. The summed E-state index contributed by atoms with van der Waals surface area (Å²) in [7, 11) is 1.58. The Bertz CT molecular complexity index is 1550. The molecule has 0 saturated carbocycles. The minimum atomic E-state index is -4.62. The first kappa shape index (κ1) is 29.8. The van der Waals surface area contributed by atoms with Crippen molar-refractivity contribution in [3.05, 3.63) is 57.6 Å². The molecule has 0 spiro atoms. The van der Waals surface area contributed by atoms with E-state index in [1.165, 1.54) is 23.9 Å². The third-order valence-corrected chi connectivity index (χ3v) is 6.77. The number of halogens is 3. The van der Waals surface area contributed by atoms with E-state index in [0.29, 0.717) is 41.9 Å². The van der Waals surface area contributed by atoms with E-state index in [1.54, 1.807) is 45.7 Å². The molecule has 4 rings (SSSR count).